The van der Waals surface area contributed by atoms with E-state index in [4.69, 9.17) is 0 Å². The summed E-state index contributed by atoms with van der Waals surface area (Å²) in [5.41, 5.74) is 2.26. The van der Waals surface area contributed by atoms with Gasteiger partial charge >= 0.3 is 0 Å². The van der Waals surface area contributed by atoms with E-state index in [0.717, 1.165) is 56.9 Å². The third-order valence-corrected chi connectivity index (χ3v) is 9.45. The Balaban J connectivity index is 1.31. The monoisotopic (exact) mass is 495 g/mol. The molecule has 1 saturated carbocycles. The fourth-order valence-corrected chi connectivity index (χ4v) is 7.12. The number of anilines is 1. The van der Waals surface area contributed by atoms with Crippen LogP contribution in [-0.2, 0) is 16.6 Å². The maximum absolute atomic E-state index is 13.3. The van der Waals surface area contributed by atoms with Crippen molar-refractivity contribution in [2.75, 3.05) is 18.4 Å². The Morgan fingerprint density at radius 1 is 0.857 bits per heavy atom. The molecular formula is C27H33N3O4S. The summed E-state index contributed by atoms with van der Waals surface area (Å²) >= 11 is 0. The van der Waals surface area contributed by atoms with E-state index in [1.165, 1.54) is 6.42 Å². The van der Waals surface area contributed by atoms with Crippen LogP contribution in [0.25, 0.3) is 0 Å². The molecule has 0 aromatic heterocycles. The highest BCUT2D eigenvalue weighted by Crippen LogP contribution is 2.33. The fourth-order valence-electron chi connectivity index (χ4n) is 5.60. The van der Waals surface area contributed by atoms with Crippen LogP contribution in [0.1, 0.15) is 84.1 Å². The minimum atomic E-state index is -3.54. The highest BCUT2D eigenvalue weighted by molar-refractivity contribution is 7.89. The number of carbonyl (C=O) groups excluding carboxylic acids is 2. The first-order chi connectivity index (χ1) is 16.9. The van der Waals surface area contributed by atoms with Gasteiger partial charge in [-0.2, -0.15) is 4.31 Å². The fraction of sp³-hybridized carbons (Fsp3) is 0.481. The molecule has 2 aliphatic heterocycles. The van der Waals surface area contributed by atoms with Gasteiger partial charge < -0.3 is 10.2 Å². The summed E-state index contributed by atoms with van der Waals surface area (Å²) in [5.74, 6) is -0.416. The lowest BCUT2D eigenvalue weighted by Gasteiger charge is -2.30. The topological polar surface area (TPSA) is 86.8 Å². The molecule has 7 nitrogen and oxygen atoms in total. The first-order valence-electron chi connectivity index (χ1n) is 12.8. The molecule has 0 bridgehead atoms. The van der Waals surface area contributed by atoms with Crippen molar-refractivity contribution < 1.29 is 18.0 Å². The summed E-state index contributed by atoms with van der Waals surface area (Å²) in [6, 6.07) is 12.0. The van der Waals surface area contributed by atoms with Gasteiger partial charge in [0.15, 0.2) is 0 Å². The Hall–Kier alpha value is -2.71. The van der Waals surface area contributed by atoms with Gasteiger partial charge in [-0.3, -0.25) is 9.59 Å². The third kappa shape index (κ3) is 4.86. The van der Waals surface area contributed by atoms with E-state index in [-0.39, 0.29) is 22.8 Å². The lowest BCUT2D eigenvalue weighted by Crippen LogP contribution is -2.37. The van der Waals surface area contributed by atoms with Crippen LogP contribution in [-0.4, -0.2) is 48.6 Å². The van der Waals surface area contributed by atoms with Gasteiger partial charge in [0.1, 0.15) is 0 Å². The molecule has 1 N–H and O–H groups in total. The van der Waals surface area contributed by atoms with Crippen LogP contribution < -0.4 is 5.32 Å². The number of amides is 2. The zero-order chi connectivity index (χ0) is 24.4. The second-order valence-corrected chi connectivity index (χ2v) is 11.8. The SMILES string of the molecule is O=C(Nc1ccc(S(=O)(=O)N2CCCCCC2)cc1)c1cccc2c1C(=O)N(C1CCCCC1)C2. The summed E-state index contributed by atoms with van der Waals surface area (Å²) in [4.78, 5) is 28.6. The minimum Gasteiger partial charge on any atom is -0.331 e. The Kier molecular flexibility index (Phi) is 6.93. The molecular weight excluding hydrogens is 462 g/mol. The first-order valence-corrected chi connectivity index (χ1v) is 14.2. The van der Waals surface area contributed by atoms with Crippen LogP contribution in [0.15, 0.2) is 47.4 Å². The summed E-state index contributed by atoms with van der Waals surface area (Å²) < 4.78 is 27.6. The van der Waals surface area contributed by atoms with Gasteiger partial charge in [0.25, 0.3) is 11.8 Å². The number of hydrogen-bond donors (Lipinski definition) is 1. The van der Waals surface area contributed by atoms with E-state index in [2.05, 4.69) is 5.32 Å². The molecule has 5 rings (SSSR count). The summed E-state index contributed by atoms with van der Waals surface area (Å²) in [6.45, 7) is 1.65. The Labute approximate surface area is 207 Å². The number of fused-ring (bicyclic) bond motifs is 1. The van der Waals surface area contributed by atoms with Gasteiger partial charge in [-0.05, 0) is 61.6 Å². The van der Waals surface area contributed by atoms with E-state index in [0.29, 0.717) is 36.4 Å². The molecule has 2 aromatic carbocycles. The molecule has 2 heterocycles. The molecule has 0 radical (unpaired) electrons. The van der Waals surface area contributed by atoms with Crippen molar-refractivity contribution in [3.05, 3.63) is 59.2 Å². The van der Waals surface area contributed by atoms with Crippen LogP contribution in [0.2, 0.25) is 0 Å². The molecule has 3 aliphatic rings. The molecule has 0 unspecified atom stereocenters. The van der Waals surface area contributed by atoms with E-state index in [1.54, 1.807) is 34.6 Å². The molecule has 0 spiro atoms. The van der Waals surface area contributed by atoms with Crippen molar-refractivity contribution in [3.63, 3.8) is 0 Å². The average molecular weight is 496 g/mol. The van der Waals surface area contributed by atoms with E-state index in [9.17, 15) is 18.0 Å². The van der Waals surface area contributed by atoms with Crippen LogP contribution in [0.5, 0.6) is 0 Å². The summed E-state index contributed by atoms with van der Waals surface area (Å²) in [7, 11) is -3.54. The standard InChI is InChI=1S/C27H33N3O4S/c31-26(24-12-8-9-20-19-30(27(32)25(20)24)22-10-4-3-5-11-22)28-21-13-15-23(16-14-21)35(33,34)29-17-6-1-2-7-18-29/h8-9,12-16,22H,1-7,10-11,17-19H2,(H,28,31). The van der Waals surface area contributed by atoms with Crippen LogP contribution >= 0.6 is 0 Å². The summed E-state index contributed by atoms with van der Waals surface area (Å²) in [5, 5.41) is 2.85. The maximum atomic E-state index is 13.3. The number of hydrogen-bond acceptors (Lipinski definition) is 4. The Bertz CT molecular complexity index is 1200. The van der Waals surface area contributed by atoms with Gasteiger partial charge in [0, 0.05) is 31.4 Å². The first kappa shape index (κ1) is 24.0. The Morgan fingerprint density at radius 3 is 2.20 bits per heavy atom. The van der Waals surface area contributed by atoms with Gasteiger partial charge in [0.05, 0.1) is 16.0 Å². The molecule has 2 fully saturated rings. The largest absolute Gasteiger partial charge is 0.331 e. The number of carbonyl (C=O) groups is 2. The van der Waals surface area contributed by atoms with Gasteiger partial charge in [-0.25, -0.2) is 8.42 Å². The van der Waals surface area contributed by atoms with Crippen LogP contribution in [0, 0.1) is 0 Å². The lowest BCUT2D eigenvalue weighted by atomic mass is 9.94. The van der Waals surface area contributed by atoms with Crippen LogP contribution in [0.4, 0.5) is 5.69 Å². The maximum Gasteiger partial charge on any atom is 0.256 e. The molecule has 8 heteroatoms. The molecule has 2 aromatic rings. The minimum absolute atomic E-state index is 0.0588. The van der Waals surface area contributed by atoms with Crippen molar-refractivity contribution in [2.24, 2.45) is 0 Å². The Morgan fingerprint density at radius 2 is 1.51 bits per heavy atom. The average Bonchev–Trinajstić information content (AvgIpc) is 3.03. The molecule has 2 amide bonds. The van der Waals surface area contributed by atoms with E-state index in [1.807, 2.05) is 17.0 Å². The molecule has 1 saturated heterocycles. The van der Waals surface area contributed by atoms with Gasteiger partial charge in [-0.15, -0.1) is 0 Å². The molecule has 35 heavy (non-hydrogen) atoms. The zero-order valence-corrected chi connectivity index (χ0v) is 20.9. The molecule has 0 atom stereocenters. The number of rotatable bonds is 5. The number of benzene rings is 2. The zero-order valence-electron chi connectivity index (χ0n) is 20.0. The van der Waals surface area contributed by atoms with Crippen molar-refractivity contribution >= 4 is 27.5 Å². The number of nitrogens with zero attached hydrogens (tertiary/aromatic N) is 2. The molecule has 186 valence electrons. The van der Waals surface area contributed by atoms with Crippen molar-refractivity contribution in [3.8, 4) is 0 Å². The highest BCUT2D eigenvalue weighted by Gasteiger charge is 2.36. The predicted molar refractivity (Wildman–Crippen MR) is 135 cm³/mol. The quantitative estimate of drug-likeness (QED) is 0.646. The second kappa shape index (κ2) is 10.1. The predicted octanol–water partition coefficient (Wildman–Crippen LogP) is 4.79. The van der Waals surface area contributed by atoms with E-state index < -0.39 is 10.0 Å². The van der Waals surface area contributed by atoms with E-state index >= 15 is 0 Å². The van der Waals surface area contributed by atoms with Crippen molar-refractivity contribution in [2.45, 2.75) is 75.3 Å². The summed E-state index contributed by atoms with van der Waals surface area (Å²) in [6.07, 6.45) is 9.42. The normalized spacial score (nSPS) is 19.9. The number of sulfonamides is 1. The third-order valence-electron chi connectivity index (χ3n) is 7.54. The van der Waals surface area contributed by atoms with Gasteiger partial charge in [0.2, 0.25) is 10.0 Å². The number of nitrogens with one attached hydrogen (secondary N) is 1. The van der Waals surface area contributed by atoms with Gasteiger partial charge in [-0.1, -0.05) is 44.2 Å². The smallest absolute Gasteiger partial charge is 0.256 e. The molecule has 1 aliphatic carbocycles. The highest BCUT2D eigenvalue weighted by atomic mass is 32.2. The van der Waals surface area contributed by atoms with Crippen molar-refractivity contribution in [1.29, 1.82) is 0 Å². The second-order valence-electron chi connectivity index (χ2n) is 9.86. The van der Waals surface area contributed by atoms with Crippen molar-refractivity contribution in [1.82, 2.24) is 9.21 Å². The lowest BCUT2D eigenvalue weighted by molar-refractivity contribution is 0.0657. The van der Waals surface area contributed by atoms with Crippen LogP contribution in [0.3, 0.4) is 0 Å².